The third-order valence-corrected chi connectivity index (χ3v) is 0.649. The van der Waals surface area contributed by atoms with Crippen molar-refractivity contribution in [1.29, 1.82) is 0 Å². The zero-order valence-corrected chi connectivity index (χ0v) is 4.46. The summed E-state index contributed by atoms with van der Waals surface area (Å²) < 4.78 is 4.30. The van der Waals surface area contributed by atoms with Crippen molar-refractivity contribution in [3.63, 3.8) is 0 Å². The zero-order valence-electron chi connectivity index (χ0n) is 4.46. The Hall–Kier alpha value is -1.05. The van der Waals surface area contributed by atoms with E-state index in [9.17, 15) is 4.79 Å². The van der Waals surface area contributed by atoms with Crippen LogP contribution in [-0.2, 0) is 9.53 Å². The first-order valence-corrected chi connectivity index (χ1v) is 2.13. The van der Waals surface area contributed by atoms with Crippen LogP contribution in [0.5, 0.6) is 0 Å². The van der Waals surface area contributed by atoms with Gasteiger partial charge in [0.05, 0.1) is 0 Å². The Morgan fingerprint density at radius 2 is 2.00 bits per heavy atom. The first-order valence-electron chi connectivity index (χ1n) is 2.13. The third-order valence-electron chi connectivity index (χ3n) is 0.649. The van der Waals surface area contributed by atoms with Gasteiger partial charge in [0.1, 0.15) is 6.10 Å². The lowest BCUT2D eigenvalue weighted by atomic mass is 10.3. The summed E-state index contributed by atoms with van der Waals surface area (Å²) in [6.45, 7) is 8.03. The molecule has 0 rings (SSSR count). The van der Waals surface area contributed by atoms with Crippen molar-refractivity contribution < 1.29 is 9.53 Å². The van der Waals surface area contributed by atoms with E-state index < -0.39 is 6.10 Å². The molecular weight excluding hydrogens is 104 g/mol. The van der Waals surface area contributed by atoms with E-state index in [-0.39, 0.29) is 0 Å². The summed E-state index contributed by atoms with van der Waals surface area (Å²) in [5, 5.41) is 0. The van der Waals surface area contributed by atoms with Crippen molar-refractivity contribution in [3.05, 3.63) is 25.3 Å². The van der Waals surface area contributed by atoms with Gasteiger partial charge in [0.15, 0.2) is 0 Å². The molecule has 0 aliphatic rings. The summed E-state index contributed by atoms with van der Waals surface area (Å²) in [7, 11) is 0. The van der Waals surface area contributed by atoms with Crippen molar-refractivity contribution in [2.75, 3.05) is 0 Å². The molecule has 0 aliphatic heterocycles. The van der Waals surface area contributed by atoms with E-state index in [1.54, 1.807) is 0 Å². The Morgan fingerprint density at radius 3 is 2.12 bits per heavy atom. The molecule has 0 bridgehead atoms. The quantitative estimate of drug-likeness (QED) is 0.502. The molecule has 0 aromatic heterocycles. The highest BCUT2D eigenvalue weighted by molar-refractivity contribution is 5.39. The Balaban J connectivity index is 3.50. The van der Waals surface area contributed by atoms with Gasteiger partial charge in [-0.25, -0.2) is 4.79 Å². The van der Waals surface area contributed by atoms with Gasteiger partial charge in [-0.3, -0.25) is 0 Å². The van der Waals surface area contributed by atoms with Crippen LogP contribution in [0, 0.1) is 0 Å². The molecule has 0 unspecified atom stereocenters. The van der Waals surface area contributed by atoms with Crippen LogP contribution < -0.4 is 0 Å². The van der Waals surface area contributed by atoms with Gasteiger partial charge in [0.2, 0.25) is 0 Å². The van der Waals surface area contributed by atoms with Crippen LogP contribution in [0.1, 0.15) is 0 Å². The van der Waals surface area contributed by atoms with Crippen LogP contribution in [0.25, 0.3) is 0 Å². The highest BCUT2D eigenvalue weighted by atomic mass is 16.5. The molecule has 0 fully saturated rings. The maximum atomic E-state index is 9.49. The molecule has 0 atom stereocenters. The van der Waals surface area contributed by atoms with Gasteiger partial charge >= 0.3 is 6.47 Å². The summed E-state index contributed by atoms with van der Waals surface area (Å²) in [6.07, 6.45) is 2.52. The van der Waals surface area contributed by atoms with Crippen LogP contribution in [0.2, 0.25) is 0 Å². The molecule has 0 aromatic rings. The molecule has 0 aromatic carbocycles. The van der Waals surface area contributed by atoms with E-state index >= 15 is 0 Å². The van der Waals surface area contributed by atoms with Crippen LogP contribution in [-0.4, -0.2) is 12.6 Å². The van der Waals surface area contributed by atoms with Crippen LogP contribution in [0.4, 0.5) is 0 Å². The number of ether oxygens (including phenoxy) is 1. The molecular formula is C6H7O2. The summed E-state index contributed by atoms with van der Waals surface area (Å²) >= 11 is 0. The Morgan fingerprint density at radius 1 is 1.50 bits per heavy atom. The van der Waals surface area contributed by atoms with E-state index in [0.717, 1.165) is 0 Å². The van der Waals surface area contributed by atoms with Gasteiger partial charge in [0, 0.05) is 0 Å². The lowest BCUT2D eigenvalue weighted by Crippen LogP contribution is -2.02. The van der Waals surface area contributed by atoms with Crippen molar-refractivity contribution >= 4 is 6.47 Å². The lowest BCUT2D eigenvalue weighted by molar-refractivity contribution is 0.259. The molecule has 0 saturated carbocycles. The number of hydrogen-bond donors (Lipinski definition) is 0. The highest BCUT2D eigenvalue weighted by Gasteiger charge is 1.93. The predicted octanol–water partition coefficient (Wildman–Crippen LogP) is 0.811. The van der Waals surface area contributed by atoms with Crippen molar-refractivity contribution in [2.45, 2.75) is 6.10 Å². The molecule has 1 radical (unpaired) electrons. The van der Waals surface area contributed by atoms with E-state index in [1.807, 2.05) is 0 Å². The molecule has 0 spiro atoms. The second-order valence-electron chi connectivity index (χ2n) is 1.14. The normalized spacial score (nSPS) is 8.12. The van der Waals surface area contributed by atoms with Crippen LogP contribution in [0.15, 0.2) is 25.3 Å². The maximum Gasteiger partial charge on any atom is 0.418 e. The third kappa shape index (κ3) is 2.18. The van der Waals surface area contributed by atoms with Gasteiger partial charge in [-0.1, -0.05) is 13.2 Å². The van der Waals surface area contributed by atoms with Crippen LogP contribution >= 0.6 is 0 Å². The second-order valence-corrected chi connectivity index (χ2v) is 1.14. The highest BCUT2D eigenvalue weighted by Crippen LogP contribution is 1.89. The summed E-state index contributed by atoms with van der Waals surface area (Å²) in [5.74, 6) is 0. The number of rotatable bonds is 4. The fraction of sp³-hybridized carbons (Fsp3) is 0.167. The minimum Gasteiger partial charge on any atom is -0.445 e. The molecule has 2 heteroatoms. The lowest BCUT2D eigenvalue weighted by Gasteiger charge is -1.99. The Kier molecular flexibility index (Phi) is 3.58. The van der Waals surface area contributed by atoms with E-state index in [2.05, 4.69) is 17.9 Å². The average Bonchev–Trinajstić information content (AvgIpc) is 1.83. The summed E-state index contributed by atoms with van der Waals surface area (Å²) in [5.41, 5.74) is 0. The van der Waals surface area contributed by atoms with E-state index in [1.165, 1.54) is 18.6 Å². The van der Waals surface area contributed by atoms with E-state index in [4.69, 9.17) is 0 Å². The molecule has 0 aliphatic carbocycles. The Bertz CT molecular complexity index is 88.7. The maximum absolute atomic E-state index is 9.49. The largest absolute Gasteiger partial charge is 0.445 e. The van der Waals surface area contributed by atoms with Crippen molar-refractivity contribution in [1.82, 2.24) is 0 Å². The average molecular weight is 111 g/mol. The molecule has 0 amide bonds. The first-order chi connectivity index (χ1) is 3.85. The van der Waals surface area contributed by atoms with Crippen molar-refractivity contribution in [3.8, 4) is 0 Å². The smallest absolute Gasteiger partial charge is 0.418 e. The topological polar surface area (TPSA) is 26.3 Å². The van der Waals surface area contributed by atoms with Gasteiger partial charge < -0.3 is 4.74 Å². The first kappa shape index (κ1) is 6.95. The number of carbonyl (C=O) groups excluding carboxylic acids is 1. The molecule has 8 heavy (non-hydrogen) atoms. The predicted molar refractivity (Wildman–Crippen MR) is 31.0 cm³/mol. The monoisotopic (exact) mass is 111 g/mol. The second kappa shape index (κ2) is 4.12. The van der Waals surface area contributed by atoms with Crippen molar-refractivity contribution in [2.24, 2.45) is 0 Å². The minimum atomic E-state index is -0.396. The molecule has 0 saturated heterocycles. The fourth-order valence-corrected chi connectivity index (χ4v) is 0.248. The molecule has 43 valence electrons. The molecule has 2 nitrogen and oxygen atoms in total. The SMILES string of the molecule is C=CC(C=C)O[C]=O. The Labute approximate surface area is 48.5 Å². The van der Waals surface area contributed by atoms with Crippen LogP contribution in [0.3, 0.4) is 0 Å². The summed E-state index contributed by atoms with van der Waals surface area (Å²) in [6, 6.07) is 0. The zero-order chi connectivity index (χ0) is 6.41. The van der Waals surface area contributed by atoms with Gasteiger partial charge in [-0.2, -0.15) is 0 Å². The summed E-state index contributed by atoms with van der Waals surface area (Å²) in [4.78, 5) is 9.49. The van der Waals surface area contributed by atoms with Gasteiger partial charge in [-0.15, -0.1) is 0 Å². The van der Waals surface area contributed by atoms with Gasteiger partial charge in [0.25, 0.3) is 0 Å². The molecule has 0 N–H and O–H groups in total. The molecule has 0 heterocycles. The van der Waals surface area contributed by atoms with E-state index in [0.29, 0.717) is 0 Å². The van der Waals surface area contributed by atoms with Gasteiger partial charge in [-0.05, 0) is 12.2 Å². The number of hydrogen-bond acceptors (Lipinski definition) is 2. The fourth-order valence-electron chi connectivity index (χ4n) is 0.248. The minimum absolute atomic E-state index is 0.396. The standard InChI is InChI=1S/C6H7O2/c1-3-6(4-2)8-5-7/h3-4,6H,1-2H2.